The molecule has 0 heterocycles. The first-order chi connectivity index (χ1) is 8.11. The van der Waals surface area contributed by atoms with Crippen molar-refractivity contribution in [2.45, 2.75) is 27.2 Å². The van der Waals surface area contributed by atoms with Gasteiger partial charge in [-0.25, -0.2) is 0 Å². The number of hydrogen-bond acceptors (Lipinski definition) is 1. The molecule has 0 aliphatic rings. The second-order valence-corrected chi connectivity index (χ2v) is 5.16. The second kappa shape index (κ2) is 7.52. The van der Waals surface area contributed by atoms with Crippen LogP contribution in [0.3, 0.4) is 0 Å². The molecule has 0 amide bonds. The van der Waals surface area contributed by atoms with Crippen molar-refractivity contribution in [3.8, 4) is 0 Å². The van der Waals surface area contributed by atoms with Crippen molar-refractivity contribution in [2.75, 3.05) is 13.1 Å². The normalized spacial score (nSPS) is 12.2. The maximum absolute atomic E-state index is 6.14. The summed E-state index contributed by atoms with van der Waals surface area (Å²) in [4.78, 5) is 0. The molecule has 0 aliphatic carbocycles. The van der Waals surface area contributed by atoms with Crippen molar-refractivity contribution in [3.63, 3.8) is 0 Å². The van der Waals surface area contributed by atoms with Gasteiger partial charge in [-0.15, -0.1) is 0 Å². The lowest BCUT2D eigenvalue weighted by atomic mass is 10.1. The average Bonchev–Trinajstić information content (AvgIpc) is 2.28. The van der Waals surface area contributed by atoms with E-state index in [1.165, 1.54) is 5.57 Å². The fourth-order valence-electron chi connectivity index (χ4n) is 1.67. The molecule has 0 aromatic heterocycles. The third-order valence-corrected chi connectivity index (χ3v) is 2.95. The Kier molecular flexibility index (Phi) is 6.31. The van der Waals surface area contributed by atoms with Gasteiger partial charge in [0.1, 0.15) is 0 Å². The van der Waals surface area contributed by atoms with Crippen molar-refractivity contribution in [1.29, 1.82) is 0 Å². The van der Waals surface area contributed by atoms with Gasteiger partial charge >= 0.3 is 0 Å². The molecule has 0 bridgehead atoms. The Labute approximate surface area is 110 Å². The van der Waals surface area contributed by atoms with Gasteiger partial charge in [0.15, 0.2) is 0 Å². The average molecular weight is 252 g/mol. The zero-order chi connectivity index (χ0) is 12.7. The largest absolute Gasteiger partial charge is 0.316 e. The van der Waals surface area contributed by atoms with E-state index in [1.807, 2.05) is 18.2 Å². The van der Waals surface area contributed by atoms with E-state index >= 15 is 0 Å². The Morgan fingerprint density at radius 3 is 2.71 bits per heavy atom. The maximum Gasteiger partial charge on any atom is 0.0480 e. The highest BCUT2D eigenvalue weighted by Crippen LogP contribution is 2.23. The zero-order valence-electron chi connectivity index (χ0n) is 11.0. The smallest absolute Gasteiger partial charge is 0.0480 e. The summed E-state index contributed by atoms with van der Waals surface area (Å²) in [5, 5.41) is 4.26. The van der Waals surface area contributed by atoms with Crippen molar-refractivity contribution in [1.82, 2.24) is 5.32 Å². The summed E-state index contributed by atoms with van der Waals surface area (Å²) < 4.78 is 0. The Morgan fingerprint density at radius 2 is 2.06 bits per heavy atom. The minimum atomic E-state index is 0.712. The molecule has 1 N–H and O–H groups in total. The highest BCUT2D eigenvalue weighted by atomic mass is 35.5. The molecule has 1 nitrogen and oxygen atoms in total. The van der Waals surface area contributed by atoms with Crippen molar-refractivity contribution >= 4 is 17.2 Å². The number of hydrogen-bond donors (Lipinski definition) is 1. The molecule has 0 fully saturated rings. The first-order valence-corrected chi connectivity index (χ1v) is 6.61. The number of nitrogens with one attached hydrogen (secondary N) is 1. The lowest BCUT2D eigenvalue weighted by Gasteiger charge is -2.07. The van der Waals surface area contributed by atoms with Crippen molar-refractivity contribution < 1.29 is 0 Å². The van der Waals surface area contributed by atoms with Gasteiger partial charge in [-0.1, -0.05) is 49.7 Å². The van der Waals surface area contributed by atoms with Gasteiger partial charge in [-0.3, -0.25) is 0 Å². The maximum atomic E-state index is 6.14. The zero-order valence-corrected chi connectivity index (χ0v) is 11.7. The summed E-state index contributed by atoms with van der Waals surface area (Å²) in [6.07, 6.45) is 3.29. The van der Waals surface area contributed by atoms with Gasteiger partial charge in [-0.05, 0) is 49.6 Å². The molecular formula is C15H22ClN. The van der Waals surface area contributed by atoms with Crippen LogP contribution in [-0.2, 0) is 0 Å². The molecule has 1 aromatic rings. The molecule has 0 aliphatic heterocycles. The monoisotopic (exact) mass is 251 g/mol. The molecule has 0 radical (unpaired) electrons. The Balaban J connectivity index is 2.42. The van der Waals surface area contributed by atoms with Crippen molar-refractivity contribution in [2.24, 2.45) is 5.92 Å². The molecule has 2 heteroatoms. The summed E-state index contributed by atoms with van der Waals surface area (Å²) in [5.41, 5.74) is 2.39. The molecule has 0 saturated carbocycles. The van der Waals surface area contributed by atoms with E-state index in [2.05, 4.69) is 38.2 Å². The van der Waals surface area contributed by atoms with Crippen LogP contribution >= 0.6 is 11.6 Å². The summed E-state index contributed by atoms with van der Waals surface area (Å²) in [6, 6.07) is 7.99. The molecule has 0 spiro atoms. The molecule has 0 atom stereocenters. The lowest BCUT2D eigenvalue weighted by Crippen LogP contribution is -2.20. The number of halogens is 1. The minimum Gasteiger partial charge on any atom is -0.316 e. The first kappa shape index (κ1) is 14.3. The van der Waals surface area contributed by atoms with E-state index in [0.717, 1.165) is 30.1 Å². The Bertz CT molecular complexity index is 369. The summed E-state index contributed by atoms with van der Waals surface area (Å²) in [7, 11) is 0. The van der Waals surface area contributed by atoms with E-state index in [0.29, 0.717) is 5.92 Å². The Hall–Kier alpha value is -0.790. The fraction of sp³-hybridized carbons (Fsp3) is 0.467. The molecule has 0 unspecified atom stereocenters. The number of benzene rings is 1. The minimum absolute atomic E-state index is 0.712. The van der Waals surface area contributed by atoms with E-state index in [1.54, 1.807) is 0 Å². The van der Waals surface area contributed by atoms with E-state index in [-0.39, 0.29) is 0 Å². The van der Waals surface area contributed by atoms with Crippen LogP contribution in [0.25, 0.3) is 5.57 Å². The van der Waals surface area contributed by atoms with Crippen LogP contribution in [0.1, 0.15) is 32.8 Å². The lowest BCUT2D eigenvalue weighted by molar-refractivity contribution is 0.557. The topological polar surface area (TPSA) is 12.0 Å². The molecule has 1 rings (SSSR count). The third-order valence-electron chi connectivity index (χ3n) is 2.62. The van der Waals surface area contributed by atoms with Crippen LogP contribution in [0.4, 0.5) is 0 Å². The van der Waals surface area contributed by atoms with Crippen LogP contribution in [0.15, 0.2) is 30.3 Å². The van der Waals surface area contributed by atoms with Gasteiger partial charge in [0.2, 0.25) is 0 Å². The van der Waals surface area contributed by atoms with Crippen molar-refractivity contribution in [3.05, 3.63) is 40.9 Å². The van der Waals surface area contributed by atoms with E-state index in [4.69, 9.17) is 11.6 Å². The summed E-state index contributed by atoms with van der Waals surface area (Å²) in [5.74, 6) is 0.712. The molecule has 94 valence electrons. The molecule has 1 aromatic carbocycles. The predicted octanol–water partition coefficient (Wildman–Crippen LogP) is 4.38. The highest BCUT2D eigenvalue weighted by molar-refractivity contribution is 6.32. The summed E-state index contributed by atoms with van der Waals surface area (Å²) >= 11 is 6.14. The van der Waals surface area contributed by atoms with Crippen LogP contribution in [-0.4, -0.2) is 13.1 Å². The van der Waals surface area contributed by atoms with Gasteiger partial charge in [-0.2, -0.15) is 0 Å². The third kappa shape index (κ3) is 5.38. The first-order valence-electron chi connectivity index (χ1n) is 6.23. The Morgan fingerprint density at radius 1 is 1.35 bits per heavy atom. The van der Waals surface area contributed by atoms with Crippen LogP contribution < -0.4 is 5.32 Å². The fourth-order valence-corrected chi connectivity index (χ4v) is 1.96. The number of rotatable bonds is 6. The highest BCUT2D eigenvalue weighted by Gasteiger charge is 2.00. The molecule has 0 saturated heterocycles. The quantitative estimate of drug-likeness (QED) is 0.740. The second-order valence-electron chi connectivity index (χ2n) is 4.75. The van der Waals surface area contributed by atoms with Crippen LogP contribution in [0.5, 0.6) is 0 Å². The predicted molar refractivity (Wildman–Crippen MR) is 77.4 cm³/mol. The number of allylic oxidation sites excluding steroid dienone is 1. The SMILES string of the molecule is CC(=CCCNCC(C)C)c1ccccc1Cl. The standard InChI is InChI=1S/C15H22ClN/c1-12(2)11-17-10-6-7-13(3)14-8-4-5-9-15(14)16/h4-5,7-9,12,17H,6,10-11H2,1-3H3. The van der Waals surface area contributed by atoms with Gasteiger partial charge in [0.25, 0.3) is 0 Å². The molecule has 17 heavy (non-hydrogen) atoms. The van der Waals surface area contributed by atoms with Gasteiger partial charge < -0.3 is 5.32 Å². The summed E-state index contributed by atoms with van der Waals surface area (Å²) in [6.45, 7) is 8.66. The van der Waals surface area contributed by atoms with E-state index < -0.39 is 0 Å². The van der Waals surface area contributed by atoms with Crippen LogP contribution in [0.2, 0.25) is 5.02 Å². The van der Waals surface area contributed by atoms with E-state index in [9.17, 15) is 0 Å². The van der Waals surface area contributed by atoms with Gasteiger partial charge in [0.05, 0.1) is 0 Å². The van der Waals surface area contributed by atoms with Gasteiger partial charge in [0, 0.05) is 5.02 Å². The molecular weight excluding hydrogens is 230 g/mol. The van der Waals surface area contributed by atoms with Crippen LogP contribution in [0, 0.1) is 5.92 Å².